The molecule has 1 unspecified atom stereocenters. The van der Waals surface area contributed by atoms with Gasteiger partial charge in [-0.2, -0.15) is 0 Å². The average molecular weight is 269 g/mol. The number of benzene rings is 1. The number of carboxylic acid groups (broad SMARTS) is 1. The lowest BCUT2D eigenvalue weighted by Gasteiger charge is -2.38. The van der Waals surface area contributed by atoms with Gasteiger partial charge in [0.05, 0.1) is 23.9 Å². The van der Waals surface area contributed by atoms with Crippen molar-refractivity contribution in [3.05, 3.63) is 29.8 Å². The first-order chi connectivity index (χ1) is 8.32. The Morgan fingerprint density at radius 1 is 1.39 bits per heavy atom. The first-order valence-electron chi connectivity index (χ1n) is 5.62. The zero-order valence-corrected chi connectivity index (χ0v) is 11.0. The normalized spacial score (nSPS) is 23.6. The van der Waals surface area contributed by atoms with Crippen LogP contribution in [-0.2, 0) is 21.2 Å². The maximum atomic E-state index is 11.9. The molecule has 5 nitrogen and oxygen atoms in total. The van der Waals surface area contributed by atoms with Crippen molar-refractivity contribution in [1.29, 1.82) is 0 Å². The molecule has 6 heteroatoms. The molecule has 0 bridgehead atoms. The van der Waals surface area contributed by atoms with Gasteiger partial charge in [0.2, 0.25) is 10.0 Å². The molecule has 1 aliphatic heterocycles. The Morgan fingerprint density at radius 2 is 2.00 bits per heavy atom. The van der Waals surface area contributed by atoms with Crippen LogP contribution in [0.25, 0.3) is 0 Å². The van der Waals surface area contributed by atoms with Crippen LogP contribution in [0.4, 0.5) is 5.69 Å². The summed E-state index contributed by atoms with van der Waals surface area (Å²) in [5.41, 5.74) is 1.35. The molecule has 2 atom stereocenters. The van der Waals surface area contributed by atoms with Gasteiger partial charge in [-0.25, -0.2) is 8.42 Å². The zero-order valence-electron chi connectivity index (χ0n) is 10.2. The van der Waals surface area contributed by atoms with Crippen molar-refractivity contribution in [1.82, 2.24) is 0 Å². The van der Waals surface area contributed by atoms with Gasteiger partial charge in [0.1, 0.15) is 0 Å². The van der Waals surface area contributed by atoms with Gasteiger partial charge < -0.3 is 5.11 Å². The molecule has 0 fully saturated rings. The molecule has 0 radical (unpaired) electrons. The van der Waals surface area contributed by atoms with Gasteiger partial charge in [0, 0.05) is 0 Å². The number of carboxylic acids is 1. The van der Waals surface area contributed by atoms with E-state index in [-0.39, 0.29) is 0 Å². The van der Waals surface area contributed by atoms with Crippen LogP contribution in [0, 0.1) is 5.92 Å². The minimum absolute atomic E-state index is 0.360. The standard InChI is InChI=1S/C12H15NO4S/c1-8-10(12(14)15)7-9-5-3-4-6-11(9)13(8)18(2,16)17/h3-6,8,10H,7H2,1-2H3,(H,14,15)/t8-,10?/m1/s1. The van der Waals surface area contributed by atoms with E-state index in [4.69, 9.17) is 0 Å². The van der Waals surface area contributed by atoms with Crippen LogP contribution in [0.1, 0.15) is 12.5 Å². The quantitative estimate of drug-likeness (QED) is 0.872. The summed E-state index contributed by atoms with van der Waals surface area (Å²) in [6, 6.07) is 6.45. The van der Waals surface area contributed by atoms with E-state index >= 15 is 0 Å². The van der Waals surface area contributed by atoms with Crippen molar-refractivity contribution < 1.29 is 18.3 Å². The number of carbonyl (C=O) groups is 1. The lowest BCUT2D eigenvalue weighted by molar-refractivity contribution is -0.142. The first kappa shape index (κ1) is 12.9. The predicted molar refractivity (Wildman–Crippen MR) is 68.1 cm³/mol. The molecule has 98 valence electrons. The van der Waals surface area contributed by atoms with Crippen LogP contribution in [0.5, 0.6) is 0 Å². The Hall–Kier alpha value is -1.56. The number of nitrogens with zero attached hydrogens (tertiary/aromatic N) is 1. The maximum Gasteiger partial charge on any atom is 0.308 e. The molecule has 0 saturated carbocycles. The second-order valence-corrected chi connectivity index (χ2v) is 6.44. The monoisotopic (exact) mass is 269 g/mol. The van der Waals surface area contributed by atoms with Gasteiger partial charge in [-0.3, -0.25) is 9.10 Å². The fraction of sp³-hybridized carbons (Fsp3) is 0.417. The highest BCUT2D eigenvalue weighted by molar-refractivity contribution is 7.92. The van der Waals surface area contributed by atoms with E-state index in [0.29, 0.717) is 12.1 Å². The third-order valence-electron chi connectivity index (χ3n) is 3.30. The van der Waals surface area contributed by atoms with E-state index in [1.165, 1.54) is 4.31 Å². The van der Waals surface area contributed by atoms with Gasteiger partial charge in [0.15, 0.2) is 0 Å². The number of sulfonamides is 1. The predicted octanol–water partition coefficient (Wildman–Crippen LogP) is 1.10. The van der Waals surface area contributed by atoms with Crippen LogP contribution >= 0.6 is 0 Å². The number of aliphatic carboxylic acids is 1. The number of anilines is 1. The van der Waals surface area contributed by atoms with Crippen molar-refractivity contribution in [3.63, 3.8) is 0 Å². The van der Waals surface area contributed by atoms with Crippen molar-refractivity contribution in [3.8, 4) is 0 Å². The minimum atomic E-state index is -3.48. The molecule has 0 aliphatic carbocycles. The van der Waals surface area contributed by atoms with E-state index in [0.717, 1.165) is 11.8 Å². The van der Waals surface area contributed by atoms with Crippen LogP contribution < -0.4 is 4.31 Å². The summed E-state index contributed by atoms with van der Waals surface area (Å²) >= 11 is 0. The number of fused-ring (bicyclic) bond motifs is 1. The second-order valence-electron chi connectivity index (χ2n) is 4.58. The van der Waals surface area contributed by atoms with E-state index in [9.17, 15) is 18.3 Å². The summed E-state index contributed by atoms with van der Waals surface area (Å²) in [6.07, 6.45) is 1.46. The van der Waals surface area contributed by atoms with Crippen molar-refractivity contribution in [2.45, 2.75) is 19.4 Å². The van der Waals surface area contributed by atoms with Crippen LogP contribution in [0.2, 0.25) is 0 Å². The third kappa shape index (κ3) is 2.08. The zero-order chi connectivity index (χ0) is 13.5. The number of hydrogen-bond donors (Lipinski definition) is 1. The Bertz CT molecular complexity index is 581. The minimum Gasteiger partial charge on any atom is -0.481 e. The average Bonchev–Trinajstić information content (AvgIpc) is 2.25. The summed E-state index contributed by atoms with van der Waals surface area (Å²) in [7, 11) is -3.48. The highest BCUT2D eigenvalue weighted by atomic mass is 32.2. The Kier molecular flexibility index (Phi) is 3.06. The lowest BCUT2D eigenvalue weighted by Crippen LogP contribution is -2.49. The fourth-order valence-corrected chi connectivity index (χ4v) is 3.75. The molecule has 0 amide bonds. The van der Waals surface area contributed by atoms with E-state index in [2.05, 4.69) is 0 Å². The molecule has 0 aromatic heterocycles. The molecule has 0 saturated heterocycles. The highest BCUT2D eigenvalue weighted by Crippen LogP contribution is 2.35. The van der Waals surface area contributed by atoms with Gasteiger partial charge in [-0.1, -0.05) is 18.2 Å². The van der Waals surface area contributed by atoms with Gasteiger partial charge in [-0.15, -0.1) is 0 Å². The summed E-state index contributed by atoms with van der Waals surface area (Å²) in [4.78, 5) is 11.2. The molecule has 1 aromatic rings. The summed E-state index contributed by atoms with van der Waals surface area (Å²) in [5, 5.41) is 9.20. The molecular formula is C12H15NO4S. The third-order valence-corrected chi connectivity index (χ3v) is 4.54. The van der Waals surface area contributed by atoms with Crippen LogP contribution in [-0.4, -0.2) is 31.8 Å². The number of hydrogen-bond acceptors (Lipinski definition) is 3. The molecule has 1 aliphatic rings. The highest BCUT2D eigenvalue weighted by Gasteiger charge is 2.39. The van der Waals surface area contributed by atoms with Crippen molar-refractivity contribution in [2.75, 3.05) is 10.6 Å². The Labute approximate surface area is 106 Å². The van der Waals surface area contributed by atoms with Crippen molar-refractivity contribution >= 4 is 21.7 Å². The van der Waals surface area contributed by atoms with E-state index < -0.39 is 28.0 Å². The maximum absolute atomic E-state index is 11.9. The number of rotatable bonds is 2. The molecule has 1 heterocycles. The largest absolute Gasteiger partial charge is 0.481 e. The smallest absolute Gasteiger partial charge is 0.308 e. The molecule has 2 rings (SSSR count). The van der Waals surface area contributed by atoms with Gasteiger partial charge in [-0.05, 0) is 25.0 Å². The number of para-hydroxylation sites is 1. The lowest BCUT2D eigenvalue weighted by atomic mass is 9.88. The molecule has 1 aromatic carbocycles. The molecule has 0 spiro atoms. The summed E-state index contributed by atoms with van der Waals surface area (Å²) < 4.78 is 24.9. The fourth-order valence-electron chi connectivity index (χ4n) is 2.46. The molecule has 1 N–H and O–H groups in total. The summed E-state index contributed by atoms with van der Waals surface area (Å²) in [5.74, 6) is -1.68. The van der Waals surface area contributed by atoms with Crippen molar-refractivity contribution in [2.24, 2.45) is 5.92 Å². The first-order valence-corrected chi connectivity index (χ1v) is 7.47. The second kappa shape index (κ2) is 4.28. The van der Waals surface area contributed by atoms with E-state index in [1.54, 1.807) is 31.2 Å². The van der Waals surface area contributed by atoms with Crippen LogP contribution in [0.15, 0.2) is 24.3 Å². The topological polar surface area (TPSA) is 74.7 Å². The molecular weight excluding hydrogens is 254 g/mol. The Morgan fingerprint density at radius 3 is 2.56 bits per heavy atom. The SMILES string of the molecule is C[C@@H]1C(C(=O)O)Cc2ccccc2N1S(C)(=O)=O. The van der Waals surface area contributed by atoms with Crippen LogP contribution in [0.3, 0.4) is 0 Å². The van der Waals surface area contributed by atoms with Gasteiger partial charge in [0.25, 0.3) is 0 Å². The Balaban J connectivity index is 2.60. The van der Waals surface area contributed by atoms with E-state index in [1.807, 2.05) is 0 Å². The molecule has 18 heavy (non-hydrogen) atoms. The summed E-state index contributed by atoms with van der Waals surface area (Å²) in [6.45, 7) is 1.63. The van der Waals surface area contributed by atoms with Gasteiger partial charge >= 0.3 is 5.97 Å².